The average molecular weight is 226 g/mol. The fraction of sp³-hybridized carbons (Fsp3) is 0.600. The Labute approximate surface area is 95.4 Å². The summed E-state index contributed by atoms with van der Waals surface area (Å²) in [4.78, 5) is 8.25. The quantitative estimate of drug-likeness (QED) is 0.709. The predicted octanol–water partition coefficient (Wildman–Crippen LogP) is 0.592. The van der Waals surface area contributed by atoms with Gasteiger partial charge < -0.3 is 20.1 Å². The van der Waals surface area contributed by atoms with Crippen molar-refractivity contribution in [3.63, 3.8) is 0 Å². The number of nitrogens with one attached hydrogen (secondary N) is 2. The van der Waals surface area contributed by atoms with Crippen molar-refractivity contribution in [3.05, 3.63) is 12.3 Å². The molecule has 0 saturated heterocycles. The first-order valence-electron chi connectivity index (χ1n) is 5.06. The maximum atomic E-state index is 5.22. The number of hydrogen-bond acceptors (Lipinski definition) is 6. The van der Waals surface area contributed by atoms with Crippen molar-refractivity contribution in [3.8, 4) is 0 Å². The molecule has 0 bridgehead atoms. The maximum Gasteiger partial charge on any atom is 0.224 e. The summed E-state index contributed by atoms with van der Waals surface area (Å²) in [5.74, 6) is 1.35. The first kappa shape index (κ1) is 12.7. The Kier molecular flexibility index (Phi) is 5.52. The topological polar surface area (TPSA) is 68.3 Å². The van der Waals surface area contributed by atoms with E-state index in [9.17, 15) is 0 Å². The monoisotopic (exact) mass is 226 g/mol. The molecule has 6 nitrogen and oxygen atoms in total. The van der Waals surface area contributed by atoms with E-state index >= 15 is 0 Å². The third-order valence-electron chi connectivity index (χ3n) is 2.08. The van der Waals surface area contributed by atoms with Crippen LogP contribution in [-0.4, -0.2) is 50.5 Å². The predicted molar refractivity (Wildman–Crippen MR) is 62.7 cm³/mol. The van der Waals surface area contributed by atoms with E-state index in [4.69, 9.17) is 9.47 Å². The fourth-order valence-corrected chi connectivity index (χ4v) is 1.19. The van der Waals surface area contributed by atoms with Gasteiger partial charge in [0.25, 0.3) is 0 Å². The largest absolute Gasteiger partial charge is 0.382 e. The molecule has 1 unspecified atom stereocenters. The minimum Gasteiger partial charge on any atom is -0.382 e. The molecule has 16 heavy (non-hydrogen) atoms. The lowest BCUT2D eigenvalue weighted by molar-refractivity contribution is 0.0365. The molecule has 1 atom stereocenters. The number of hydrogen-bond donors (Lipinski definition) is 2. The van der Waals surface area contributed by atoms with Gasteiger partial charge in [-0.05, 0) is 6.07 Å². The number of nitrogens with zero attached hydrogens (tertiary/aromatic N) is 2. The standard InChI is InChI=1S/C10H18N4O2/c1-11-10-12-5-4-9(14-10)13-6-8(16-3)7-15-2/h4-5,8H,6-7H2,1-3H3,(H2,11,12,13,14). The van der Waals surface area contributed by atoms with Crippen LogP contribution in [0, 0.1) is 0 Å². The molecule has 1 rings (SSSR count). The Morgan fingerprint density at radius 2 is 2.25 bits per heavy atom. The van der Waals surface area contributed by atoms with Gasteiger partial charge >= 0.3 is 0 Å². The van der Waals surface area contributed by atoms with E-state index in [1.165, 1.54) is 0 Å². The van der Waals surface area contributed by atoms with Gasteiger partial charge in [0.1, 0.15) is 5.82 Å². The van der Waals surface area contributed by atoms with E-state index in [2.05, 4.69) is 20.6 Å². The molecule has 0 radical (unpaired) electrons. The highest BCUT2D eigenvalue weighted by atomic mass is 16.5. The van der Waals surface area contributed by atoms with Crippen molar-refractivity contribution in [2.24, 2.45) is 0 Å². The van der Waals surface area contributed by atoms with E-state index < -0.39 is 0 Å². The van der Waals surface area contributed by atoms with E-state index in [0.717, 1.165) is 5.82 Å². The van der Waals surface area contributed by atoms with E-state index in [-0.39, 0.29) is 6.10 Å². The van der Waals surface area contributed by atoms with Crippen LogP contribution in [0.2, 0.25) is 0 Å². The summed E-state index contributed by atoms with van der Waals surface area (Å²) >= 11 is 0. The van der Waals surface area contributed by atoms with Crippen LogP contribution < -0.4 is 10.6 Å². The second-order valence-corrected chi connectivity index (χ2v) is 3.21. The summed E-state index contributed by atoms with van der Waals surface area (Å²) in [5, 5.41) is 6.04. The molecule has 1 aromatic rings. The van der Waals surface area contributed by atoms with Crippen LogP contribution in [-0.2, 0) is 9.47 Å². The van der Waals surface area contributed by atoms with Crippen molar-refractivity contribution >= 4 is 11.8 Å². The van der Waals surface area contributed by atoms with Crippen LogP contribution in [0.4, 0.5) is 11.8 Å². The Morgan fingerprint density at radius 1 is 1.44 bits per heavy atom. The molecular weight excluding hydrogens is 208 g/mol. The van der Waals surface area contributed by atoms with Crippen LogP contribution in [0.15, 0.2) is 12.3 Å². The molecule has 2 N–H and O–H groups in total. The van der Waals surface area contributed by atoms with Crippen molar-refractivity contribution in [1.82, 2.24) is 9.97 Å². The Morgan fingerprint density at radius 3 is 2.88 bits per heavy atom. The molecule has 0 spiro atoms. The molecule has 6 heteroatoms. The summed E-state index contributed by atoms with van der Waals surface area (Å²) in [7, 11) is 5.09. The van der Waals surface area contributed by atoms with Crippen LogP contribution in [0.5, 0.6) is 0 Å². The number of ether oxygens (including phenoxy) is 2. The van der Waals surface area contributed by atoms with E-state index in [0.29, 0.717) is 19.1 Å². The SMILES string of the molecule is CNc1nccc(NCC(COC)OC)n1. The van der Waals surface area contributed by atoms with Gasteiger partial charge in [0.15, 0.2) is 0 Å². The number of aromatic nitrogens is 2. The second-order valence-electron chi connectivity index (χ2n) is 3.21. The summed E-state index contributed by atoms with van der Waals surface area (Å²) in [5.41, 5.74) is 0. The van der Waals surface area contributed by atoms with E-state index in [1.54, 1.807) is 33.5 Å². The molecule has 0 aliphatic heterocycles. The Bertz CT molecular complexity index is 309. The van der Waals surface area contributed by atoms with Crippen LogP contribution in [0.3, 0.4) is 0 Å². The highest BCUT2D eigenvalue weighted by Gasteiger charge is 2.06. The molecule has 1 heterocycles. The lowest BCUT2D eigenvalue weighted by Crippen LogP contribution is -2.26. The normalized spacial score (nSPS) is 12.2. The minimum atomic E-state index is 0.0120. The molecule has 0 aliphatic rings. The molecule has 0 saturated carbocycles. The first-order valence-corrected chi connectivity index (χ1v) is 5.06. The third-order valence-corrected chi connectivity index (χ3v) is 2.08. The van der Waals surface area contributed by atoms with Crippen molar-refractivity contribution in [2.75, 3.05) is 45.1 Å². The van der Waals surface area contributed by atoms with Gasteiger partial charge in [-0.25, -0.2) is 4.98 Å². The summed E-state index contributed by atoms with van der Waals surface area (Å²) in [6.45, 7) is 1.19. The van der Waals surface area contributed by atoms with Gasteiger partial charge in [0, 0.05) is 34.0 Å². The maximum absolute atomic E-state index is 5.22. The lowest BCUT2D eigenvalue weighted by Gasteiger charge is -2.15. The molecule has 90 valence electrons. The molecular formula is C10H18N4O2. The summed E-state index contributed by atoms with van der Waals surface area (Å²) in [6.07, 6.45) is 1.71. The zero-order valence-corrected chi connectivity index (χ0v) is 9.86. The number of rotatable bonds is 7. The van der Waals surface area contributed by atoms with Crippen molar-refractivity contribution < 1.29 is 9.47 Å². The molecule has 0 fully saturated rings. The van der Waals surface area contributed by atoms with Gasteiger partial charge in [0.2, 0.25) is 5.95 Å². The smallest absolute Gasteiger partial charge is 0.224 e. The molecule has 0 aromatic carbocycles. The average Bonchev–Trinajstić information content (AvgIpc) is 2.34. The lowest BCUT2D eigenvalue weighted by atomic mass is 10.3. The third kappa shape index (κ3) is 4.00. The van der Waals surface area contributed by atoms with Crippen molar-refractivity contribution in [1.29, 1.82) is 0 Å². The van der Waals surface area contributed by atoms with Gasteiger partial charge in [-0.3, -0.25) is 0 Å². The molecule has 0 aliphatic carbocycles. The van der Waals surface area contributed by atoms with Gasteiger partial charge in [-0.2, -0.15) is 4.98 Å². The zero-order chi connectivity index (χ0) is 11.8. The van der Waals surface area contributed by atoms with Crippen LogP contribution >= 0.6 is 0 Å². The number of methoxy groups -OCH3 is 2. The molecule has 0 amide bonds. The Balaban J connectivity index is 2.46. The van der Waals surface area contributed by atoms with Gasteiger partial charge in [0.05, 0.1) is 12.7 Å². The highest BCUT2D eigenvalue weighted by Crippen LogP contribution is 2.05. The fourth-order valence-electron chi connectivity index (χ4n) is 1.19. The van der Waals surface area contributed by atoms with Crippen LogP contribution in [0.25, 0.3) is 0 Å². The van der Waals surface area contributed by atoms with Crippen molar-refractivity contribution in [2.45, 2.75) is 6.10 Å². The zero-order valence-electron chi connectivity index (χ0n) is 9.86. The number of anilines is 2. The second kappa shape index (κ2) is 6.97. The Hall–Kier alpha value is -1.40. The summed E-state index contributed by atoms with van der Waals surface area (Å²) in [6, 6.07) is 1.81. The first-order chi connectivity index (χ1) is 7.80. The molecule has 1 aromatic heterocycles. The van der Waals surface area contributed by atoms with Crippen LogP contribution in [0.1, 0.15) is 0 Å². The van der Waals surface area contributed by atoms with Gasteiger partial charge in [-0.1, -0.05) is 0 Å². The highest BCUT2D eigenvalue weighted by molar-refractivity contribution is 5.39. The minimum absolute atomic E-state index is 0.0120. The van der Waals surface area contributed by atoms with Gasteiger partial charge in [-0.15, -0.1) is 0 Å². The van der Waals surface area contributed by atoms with E-state index in [1.807, 2.05) is 0 Å². The summed E-state index contributed by atoms with van der Waals surface area (Å²) < 4.78 is 10.2.